The van der Waals surface area contributed by atoms with E-state index in [1.165, 1.54) is 23.0 Å². The largest absolute Gasteiger partial charge is 0.477 e. The lowest BCUT2D eigenvalue weighted by atomic mass is 9.79. The molecule has 0 aromatic heterocycles. The normalized spacial score (nSPS) is 33.7. The number of amides is 2. The average Bonchev–Trinajstić information content (AvgIpc) is 3.19. The van der Waals surface area contributed by atoms with E-state index in [4.69, 9.17) is 5.41 Å². The SMILES string of the molecule is CC(O)C1C(=O)N2C(C(=O)O)=C(SC3CNC(C(=O)N4CCCN(C=N)CC4)C3)C(C)[C@H]12. The maximum absolute atomic E-state index is 13.0. The molecule has 0 bridgehead atoms. The van der Waals surface area contributed by atoms with Gasteiger partial charge in [0.15, 0.2) is 0 Å². The van der Waals surface area contributed by atoms with E-state index in [1.54, 1.807) is 6.92 Å². The Morgan fingerprint density at radius 3 is 2.69 bits per heavy atom. The third kappa shape index (κ3) is 3.90. The average molecular weight is 466 g/mol. The molecule has 4 aliphatic heterocycles. The van der Waals surface area contributed by atoms with Gasteiger partial charge in [0.1, 0.15) is 5.70 Å². The van der Waals surface area contributed by atoms with E-state index >= 15 is 0 Å². The van der Waals surface area contributed by atoms with Gasteiger partial charge in [0.25, 0.3) is 0 Å². The Balaban J connectivity index is 1.42. The van der Waals surface area contributed by atoms with E-state index in [-0.39, 0.29) is 40.8 Å². The molecule has 4 heterocycles. The van der Waals surface area contributed by atoms with Crippen molar-refractivity contribution in [3.8, 4) is 0 Å². The summed E-state index contributed by atoms with van der Waals surface area (Å²) in [5, 5.41) is 30.5. The summed E-state index contributed by atoms with van der Waals surface area (Å²) in [4.78, 5) is 43.3. The van der Waals surface area contributed by atoms with Crippen molar-refractivity contribution in [3.05, 3.63) is 10.6 Å². The molecule has 32 heavy (non-hydrogen) atoms. The number of hydrogen-bond acceptors (Lipinski definition) is 7. The predicted octanol–water partition coefficient (Wildman–Crippen LogP) is -0.255. The fourth-order valence-corrected chi connectivity index (χ4v) is 6.83. The van der Waals surface area contributed by atoms with Crippen LogP contribution in [0.5, 0.6) is 0 Å². The first-order valence-electron chi connectivity index (χ1n) is 11.2. The van der Waals surface area contributed by atoms with Crippen LogP contribution in [0.2, 0.25) is 0 Å². The van der Waals surface area contributed by atoms with Crippen molar-refractivity contribution >= 4 is 35.9 Å². The number of aliphatic carboxylic acids is 1. The molecule has 2 amide bonds. The monoisotopic (exact) mass is 465 g/mol. The standard InChI is InChI=1S/C21H31N5O5S/c1-11-16-15(12(2)27)20(29)26(16)17(21(30)31)18(11)32-13-8-14(23-9-13)19(28)25-5-3-4-24(10-22)6-7-25/h10-16,22-23,27H,3-9H2,1-2H3,(H,30,31)/t11?,12?,13?,14?,15?,16-/m1/s1. The van der Waals surface area contributed by atoms with Crippen LogP contribution in [0, 0.1) is 17.2 Å². The van der Waals surface area contributed by atoms with Crippen molar-refractivity contribution in [1.29, 1.82) is 5.41 Å². The zero-order chi connectivity index (χ0) is 23.2. The number of rotatable bonds is 6. The van der Waals surface area contributed by atoms with Crippen LogP contribution in [0.25, 0.3) is 0 Å². The van der Waals surface area contributed by atoms with Crippen LogP contribution in [0.4, 0.5) is 0 Å². The van der Waals surface area contributed by atoms with Gasteiger partial charge in [-0.25, -0.2) is 4.79 Å². The highest BCUT2D eigenvalue weighted by molar-refractivity contribution is 8.03. The lowest BCUT2D eigenvalue weighted by Gasteiger charge is -2.46. The third-order valence-electron chi connectivity index (χ3n) is 7.02. The fraction of sp³-hybridized carbons (Fsp3) is 0.714. The summed E-state index contributed by atoms with van der Waals surface area (Å²) in [6, 6.07) is -0.634. The second kappa shape index (κ2) is 9.03. The van der Waals surface area contributed by atoms with E-state index in [1.807, 2.05) is 16.7 Å². The highest BCUT2D eigenvalue weighted by Crippen LogP contribution is 2.51. The number of fused-ring (bicyclic) bond motifs is 1. The molecule has 0 saturated carbocycles. The summed E-state index contributed by atoms with van der Waals surface area (Å²) in [6.07, 6.45) is 1.92. The van der Waals surface area contributed by atoms with Gasteiger partial charge in [0.05, 0.1) is 30.4 Å². The summed E-state index contributed by atoms with van der Waals surface area (Å²) >= 11 is 1.45. The van der Waals surface area contributed by atoms with Crippen molar-refractivity contribution in [2.45, 2.75) is 50.1 Å². The first-order valence-corrected chi connectivity index (χ1v) is 12.0. The molecule has 3 saturated heterocycles. The minimum absolute atomic E-state index is 0.0274. The lowest BCUT2D eigenvalue weighted by Crippen LogP contribution is -2.63. The molecule has 6 atom stereocenters. The van der Waals surface area contributed by atoms with Crippen molar-refractivity contribution in [2.24, 2.45) is 11.8 Å². The highest BCUT2D eigenvalue weighted by atomic mass is 32.2. The minimum Gasteiger partial charge on any atom is -0.477 e. The molecule has 11 heteroatoms. The van der Waals surface area contributed by atoms with Gasteiger partial charge < -0.3 is 30.2 Å². The number of aliphatic hydroxyl groups is 1. The summed E-state index contributed by atoms with van der Waals surface area (Å²) in [5.74, 6) is -2.14. The lowest BCUT2D eigenvalue weighted by molar-refractivity contribution is -0.163. The van der Waals surface area contributed by atoms with Crippen LogP contribution in [0.3, 0.4) is 0 Å². The number of aliphatic hydroxyl groups excluding tert-OH is 1. The maximum atomic E-state index is 13.0. The molecule has 4 aliphatic rings. The van der Waals surface area contributed by atoms with Crippen molar-refractivity contribution in [2.75, 3.05) is 32.7 Å². The number of carboxylic acid groups (broad SMARTS) is 1. The van der Waals surface area contributed by atoms with Gasteiger partial charge in [-0.05, 0) is 19.8 Å². The number of nitrogens with one attached hydrogen (secondary N) is 2. The van der Waals surface area contributed by atoms with E-state index in [0.717, 1.165) is 13.0 Å². The zero-order valence-electron chi connectivity index (χ0n) is 18.4. The number of carboxylic acids is 1. The van der Waals surface area contributed by atoms with Crippen LogP contribution in [0.1, 0.15) is 26.7 Å². The van der Waals surface area contributed by atoms with E-state index in [9.17, 15) is 24.6 Å². The number of thioether (sulfide) groups is 1. The minimum atomic E-state index is -1.13. The van der Waals surface area contributed by atoms with Crippen LogP contribution in [-0.2, 0) is 14.4 Å². The molecule has 176 valence electrons. The van der Waals surface area contributed by atoms with Crippen LogP contribution in [-0.4, -0.2) is 105 Å². The molecular formula is C21H31N5O5S. The summed E-state index contributed by atoms with van der Waals surface area (Å²) in [7, 11) is 0. The van der Waals surface area contributed by atoms with Crippen molar-refractivity contribution in [3.63, 3.8) is 0 Å². The summed E-state index contributed by atoms with van der Waals surface area (Å²) in [5.41, 5.74) is 0.0310. The number of nitrogens with zero attached hydrogens (tertiary/aromatic N) is 3. The molecule has 4 N–H and O–H groups in total. The van der Waals surface area contributed by atoms with Crippen molar-refractivity contribution in [1.82, 2.24) is 20.0 Å². The molecular weight excluding hydrogens is 434 g/mol. The Morgan fingerprint density at radius 2 is 2.03 bits per heavy atom. The van der Waals surface area contributed by atoms with Crippen LogP contribution < -0.4 is 5.32 Å². The van der Waals surface area contributed by atoms with Gasteiger partial charge in [0.2, 0.25) is 11.8 Å². The number of hydrogen-bond donors (Lipinski definition) is 4. The molecule has 10 nitrogen and oxygen atoms in total. The topological polar surface area (TPSA) is 137 Å². The first kappa shape index (κ1) is 23.1. The Hall–Kier alpha value is -2.11. The molecule has 3 fully saturated rings. The Labute approximate surface area is 191 Å². The van der Waals surface area contributed by atoms with E-state index < -0.39 is 18.0 Å². The number of β-lactam (4-membered cyclic amide) rings is 1. The molecule has 0 spiro atoms. The van der Waals surface area contributed by atoms with E-state index in [2.05, 4.69) is 5.32 Å². The molecule has 0 aromatic carbocycles. The first-order chi connectivity index (χ1) is 15.2. The van der Waals surface area contributed by atoms with Gasteiger partial charge >= 0.3 is 5.97 Å². The highest BCUT2D eigenvalue weighted by Gasteiger charge is 2.60. The van der Waals surface area contributed by atoms with Gasteiger partial charge in [-0.3, -0.25) is 15.0 Å². The van der Waals surface area contributed by atoms with Crippen LogP contribution >= 0.6 is 11.8 Å². The number of carbonyl (C=O) groups excluding carboxylic acids is 2. The van der Waals surface area contributed by atoms with Gasteiger partial charge in [0, 0.05) is 48.8 Å². The third-order valence-corrected chi connectivity index (χ3v) is 8.53. The van der Waals surface area contributed by atoms with Crippen molar-refractivity contribution < 1.29 is 24.6 Å². The Morgan fingerprint density at radius 1 is 1.28 bits per heavy atom. The van der Waals surface area contributed by atoms with Gasteiger partial charge in [-0.15, -0.1) is 11.8 Å². The van der Waals surface area contributed by atoms with Crippen LogP contribution in [0.15, 0.2) is 10.6 Å². The van der Waals surface area contributed by atoms with Gasteiger partial charge in [-0.2, -0.15) is 0 Å². The van der Waals surface area contributed by atoms with Gasteiger partial charge in [-0.1, -0.05) is 6.92 Å². The second-order valence-corrected chi connectivity index (χ2v) is 10.4. The second-order valence-electron chi connectivity index (χ2n) is 9.05. The predicted molar refractivity (Wildman–Crippen MR) is 119 cm³/mol. The fourth-order valence-electron chi connectivity index (χ4n) is 5.35. The Bertz CT molecular complexity index is 848. The summed E-state index contributed by atoms with van der Waals surface area (Å²) < 4.78 is 0. The smallest absolute Gasteiger partial charge is 0.353 e. The number of carbonyl (C=O) groups is 3. The quantitative estimate of drug-likeness (QED) is 0.239. The molecule has 4 rings (SSSR count). The molecule has 5 unspecified atom stereocenters. The Kier molecular flexibility index (Phi) is 6.51. The maximum Gasteiger partial charge on any atom is 0.353 e. The molecule has 0 aromatic rings. The molecule has 0 radical (unpaired) electrons. The van der Waals surface area contributed by atoms with E-state index in [0.29, 0.717) is 37.5 Å². The summed E-state index contributed by atoms with van der Waals surface area (Å²) in [6.45, 7) is 6.76. The zero-order valence-corrected chi connectivity index (χ0v) is 19.2. The molecule has 0 aliphatic carbocycles.